The molecule has 2 N–H and O–H groups in total. The Hall–Kier alpha value is -2.88. The number of aryl methyl sites for hydroxylation is 3. The van der Waals surface area contributed by atoms with Gasteiger partial charge in [0.15, 0.2) is 0 Å². The van der Waals surface area contributed by atoms with Crippen LogP contribution in [0.3, 0.4) is 0 Å². The lowest BCUT2D eigenvalue weighted by Gasteiger charge is -2.07. The molecule has 0 saturated carbocycles. The third-order valence-corrected chi connectivity index (χ3v) is 4.07. The van der Waals surface area contributed by atoms with E-state index < -0.39 is 0 Å². The SMILES string of the molecule is Cc1ccc(NC(=O)CCc2ccc3[nH]c(=O)c(C)cc3c2)cc1. The summed E-state index contributed by atoms with van der Waals surface area (Å²) in [4.78, 5) is 26.5. The molecular formula is C20H20N2O2. The van der Waals surface area contributed by atoms with Crippen molar-refractivity contribution in [1.82, 2.24) is 4.98 Å². The smallest absolute Gasteiger partial charge is 0.251 e. The quantitative estimate of drug-likeness (QED) is 0.769. The zero-order valence-electron chi connectivity index (χ0n) is 13.8. The maximum absolute atomic E-state index is 12.1. The van der Waals surface area contributed by atoms with Gasteiger partial charge in [0.25, 0.3) is 5.56 Å². The summed E-state index contributed by atoms with van der Waals surface area (Å²) in [6.07, 6.45) is 1.08. The summed E-state index contributed by atoms with van der Waals surface area (Å²) in [5.74, 6) is -0.00315. The molecule has 0 radical (unpaired) electrons. The molecule has 0 bridgehead atoms. The number of carbonyl (C=O) groups is 1. The molecule has 1 aromatic heterocycles. The maximum Gasteiger partial charge on any atom is 0.251 e. The number of rotatable bonds is 4. The van der Waals surface area contributed by atoms with Crippen LogP contribution in [-0.2, 0) is 11.2 Å². The lowest BCUT2D eigenvalue weighted by molar-refractivity contribution is -0.116. The number of H-pyrrole nitrogens is 1. The van der Waals surface area contributed by atoms with Gasteiger partial charge in [-0.2, -0.15) is 0 Å². The molecule has 24 heavy (non-hydrogen) atoms. The first-order chi connectivity index (χ1) is 11.5. The highest BCUT2D eigenvalue weighted by atomic mass is 16.1. The fourth-order valence-electron chi connectivity index (χ4n) is 2.64. The maximum atomic E-state index is 12.1. The number of anilines is 1. The van der Waals surface area contributed by atoms with Gasteiger partial charge in [-0.3, -0.25) is 9.59 Å². The molecule has 122 valence electrons. The molecule has 2 aromatic carbocycles. The number of hydrogen-bond donors (Lipinski definition) is 2. The Bertz CT molecular complexity index is 940. The van der Waals surface area contributed by atoms with E-state index in [4.69, 9.17) is 0 Å². The van der Waals surface area contributed by atoms with Crippen molar-refractivity contribution in [3.63, 3.8) is 0 Å². The molecule has 0 aliphatic heterocycles. The van der Waals surface area contributed by atoms with E-state index in [-0.39, 0.29) is 11.5 Å². The monoisotopic (exact) mass is 320 g/mol. The first-order valence-electron chi connectivity index (χ1n) is 8.00. The van der Waals surface area contributed by atoms with Crippen LogP contribution in [0.2, 0.25) is 0 Å². The van der Waals surface area contributed by atoms with E-state index in [1.807, 2.05) is 55.5 Å². The number of hydrogen-bond acceptors (Lipinski definition) is 2. The normalized spacial score (nSPS) is 10.8. The number of carbonyl (C=O) groups excluding carboxylic acids is 1. The average molecular weight is 320 g/mol. The Morgan fingerprint density at radius 1 is 1.04 bits per heavy atom. The van der Waals surface area contributed by atoms with Crippen LogP contribution in [0.5, 0.6) is 0 Å². The predicted octanol–water partition coefficient (Wildman–Crippen LogP) is 3.72. The molecule has 0 unspecified atom stereocenters. The Labute approximate surface area is 140 Å². The highest BCUT2D eigenvalue weighted by molar-refractivity contribution is 5.91. The van der Waals surface area contributed by atoms with E-state index >= 15 is 0 Å². The Kier molecular flexibility index (Phi) is 4.47. The zero-order valence-corrected chi connectivity index (χ0v) is 13.8. The van der Waals surface area contributed by atoms with Gasteiger partial charge in [0.2, 0.25) is 5.91 Å². The van der Waals surface area contributed by atoms with Gasteiger partial charge < -0.3 is 10.3 Å². The van der Waals surface area contributed by atoms with Crippen LogP contribution in [-0.4, -0.2) is 10.9 Å². The second kappa shape index (κ2) is 6.71. The minimum absolute atomic E-state index is 0.00315. The van der Waals surface area contributed by atoms with Crippen molar-refractivity contribution in [2.24, 2.45) is 0 Å². The molecule has 0 aliphatic rings. The van der Waals surface area contributed by atoms with Crippen LogP contribution in [0, 0.1) is 13.8 Å². The van der Waals surface area contributed by atoms with E-state index in [1.54, 1.807) is 6.92 Å². The van der Waals surface area contributed by atoms with E-state index in [9.17, 15) is 9.59 Å². The first-order valence-corrected chi connectivity index (χ1v) is 8.00. The number of benzene rings is 2. The number of pyridine rings is 1. The summed E-state index contributed by atoms with van der Waals surface area (Å²) in [7, 11) is 0. The van der Waals surface area contributed by atoms with Crippen molar-refractivity contribution in [3.8, 4) is 0 Å². The minimum atomic E-state index is -0.0623. The lowest BCUT2D eigenvalue weighted by atomic mass is 10.1. The van der Waals surface area contributed by atoms with Crippen LogP contribution < -0.4 is 10.9 Å². The van der Waals surface area contributed by atoms with Gasteiger partial charge in [-0.15, -0.1) is 0 Å². The summed E-state index contributed by atoms with van der Waals surface area (Å²) >= 11 is 0. The standard InChI is InChI=1S/C20H20N2O2/c1-13-3-7-17(8-4-13)21-19(23)10-6-15-5-9-18-16(12-15)11-14(2)20(24)22-18/h3-5,7-9,11-12H,6,10H2,1-2H3,(H,21,23)(H,22,24). The molecular weight excluding hydrogens is 300 g/mol. The van der Waals surface area contributed by atoms with Crippen molar-refractivity contribution in [3.05, 3.63) is 75.6 Å². The summed E-state index contributed by atoms with van der Waals surface area (Å²) in [6, 6.07) is 15.5. The molecule has 0 atom stereocenters. The second-order valence-corrected chi connectivity index (χ2v) is 6.12. The second-order valence-electron chi connectivity index (χ2n) is 6.12. The molecule has 0 fully saturated rings. The first kappa shape index (κ1) is 16.0. The summed E-state index contributed by atoms with van der Waals surface area (Å²) < 4.78 is 0. The summed E-state index contributed by atoms with van der Waals surface area (Å²) in [6.45, 7) is 3.81. The molecule has 3 rings (SSSR count). The van der Waals surface area contributed by atoms with Crippen LogP contribution >= 0.6 is 0 Å². The average Bonchev–Trinajstić information content (AvgIpc) is 2.56. The van der Waals surface area contributed by atoms with Crippen LogP contribution in [0.4, 0.5) is 5.69 Å². The largest absolute Gasteiger partial charge is 0.326 e. The predicted molar refractivity (Wildman–Crippen MR) is 97.4 cm³/mol. The van der Waals surface area contributed by atoms with Gasteiger partial charge in [0.05, 0.1) is 0 Å². The van der Waals surface area contributed by atoms with E-state index in [0.29, 0.717) is 18.4 Å². The van der Waals surface area contributed by atoms with Crippen molar-refractivity contribution >= 4 is 22.5 Å². The van der Waals surface area contributed by atoms with Gasteiger partial charge in [-0.25, -0.2) is 0 Å². The molecule has 0 saturated heterocycles. The number of amides is 1. The Balaban J connectivity index is 1.66. The van der Waals surface area contributed by atoms with Gasteiger partial charge in [-0.05, 0) is 61.5 Å². The number of aromatic amines is 1. The highest BCUT2D eigenvalue weighted by Gasteiger charge is 2.05. The topological polar surface area (TPSA) is 62.0 Å². The molecule has 4 nitrogen and oxygen atoms in total. The summed E-state index contributed by atoms with van der Waals surface area (Å²) in [5.41, 5.74) is 4.51. The highest BCUT2D eigenvalue weighted by Crippen LogP contribution is 2.15. The van der Waals surface area contributed by atoms with E-state index in [1.165, 1.54) is 0 Å². The molecule has 1 heterocycles. The van der Waals surface area contributed by atoms with Crippen molar-refractivity contribution in [2.45, 2.75) is 26.7 Å². The van der Waals surface area contributed by atoms with E-state index in [2.05, 4.69) is 10.3 Å². The third kappa shape index (κ3) is 3.71. The zero-order chi connectivity index (χ0) is 17.1. The number of aromatic nitrogens is 1. The molecule has 1 amide bonds. The fourth-order valence-corrected chi connectivity index (χ4v) is 2.64. The van der Waals surface area contributed by atoms with Crippen LogP contribution in [0.25, 0.3) is 10.9 Å². The van der Waals surface area contributed by atoms with Gasteiger partial charge >= 0.3 is 0 Å². The number of nitrogens with one attached hydrogen (secondary N) is 2. The van der Waals surface area contributed by atoms with Gasteiger partial charge in [0, 0.05) is 23.2 Å². The fraction of sp³-hybridized carbons (Fsp3) is 0.200. The number of fused-ring (bicyclic) bond motifs is 1. The van der Waals surface area contributed by atoms with Crippen molar-refractivity contribution in [2.75, 3.05) is 5.32 Å². The minimum Gasteiger partial charge on any atom is -0.326 e. The molecule has 0 spiro atoms. The molecule has 4 heteroatoms. The van der Waals surface area contributed by atoms with Crippen molar-refractivity contribution < 1.29 is 4.79 Å². The van der Waals surface area contributed by atoms with Gasteiger partial charge in [0.1, 0.15) is 0 Å². The van der Waals surface area contributed by atoms with Gasteiger partial charge in [-0.1, -0.05) is 23.8 Å². The van der Waals surface area contributed by atoms with Crippen molar-refractivity contribution in [1.29, 1.82) is 0 Å². The van der Waals surface area contributed by atoms with Crippen LogP contribution in [0.1, 0.15) is 23.1 Å². The third-order valence-electron chi connectivity index (χ3n) is 4.07. The summed E-state index contributed by atoms with van der Waals surface area (Å²) in [5, 5.41) is 3.90. The Morgan fingerprint density at radius 2 is 1.79 bits per heavy atom. The molecule has 3 aromatic rings. The lowest BCUT2D eigenvalue weighted by Crippen LogP contribution is -2.12. The molecule has 0 aliphatic carbocycles. The Morgan fingerprint density at radius 3 is 2.54 bits per heavy atom. The van der Waals surface area contributed by atoms with E-state index in [0.717, 1.165) is 27.7 Å². The van der Waals surface area contributed by atoms with Crippen LogP contribution in [0.15, 0.2) is 53.3 Å².